The second-order valence-electron chi connectivity index (χ2n) is 6.69. The van der Waals surface area contributed by atoms with Crippen molar-refractivity contribution in [3.8, 4) is 0 Å². The van der Waals surface area contributed by atoms with Gasteiger partial charge in [-0.15, -0.1) is 12.4 Å². The van der Waals surface area contributed by atoms with E-state index in [1.54, 1.807) is 0 Å². The molecule has 0 spiro atoms. The van der Waals surface area contributed by atoms with Gasteiger partial charge in [0.15, 0.2) is 0 Å². The Morgan fingerprint density at radius 1 is 1.30 bits per heavy atom. The van der Waals surface area contributed by atoms with Crippen LogP contribution in [0.3, 0.4) is 0 Å². The van der Waals surface area contributed by atoms with Crippen molar-refractivity contribution < 1.29 is 0 Å². The van der Waals surface area contributed by atoms with Crippen LogP contribution in [0.4, 0.5) is 0 Å². The van der Waals surface area contributed by atoms with Gasteiger partial charge in [0.1, 0.15) is 0 Å². The van der Waals surface area contributed by atoms with Crippen LogP contribution in [0.1, 0.15) is 31.7 Å². The fourth-order valence-electron chi connectivity index (χ4n) is 3.71. The summed E-state index contributed by atoms with van der Waals surface area (Å²) >= 11 is 0. The third-order valence-electron chi connectivity index (χ3n) is 4.86. The molecular formula is C17H27ClN2. The fraction of sp³-hybridized carbons (Fsp3) is 0.647. The molecular weight excluding hydrogens is 268 g/mol. The first-order valence-corrected chi connectivity index (χ1v) is 7.74. The minimum Gasteiger partial charge on any atom is -0.316 e. The van der Waals surface area contributed by atoms with E-state index < -0.39 is 0 Å². The zero-order chi connectivity index (χ0) is 13.1. The molecule has 2 aliphatic heterocycles. The van der Waals surface area contributed by atoms with Gasteiger partial charge in [-0.25, -0.2) is 0 Å². The zero-order valence-corrected chi connectivity index (χ0v) is 13.3. The van der Waals surface area contributed by atoms with Crippen molar-refractivity contribution >= 4 is 12.4 Å². The van der Waals surface area contributed by atoms with Gasteiger partial charge in [-0.05, 0) is 49.8 Å². The van der Waals surface area contributed by atoms with Gasteiger partial charge in [0.2, 0.25) is 0 Å². The number of nitrogens with zero attached hydrogens (tertiary/aromatic N) is 1. The highest BCUT2D eigenvalue weighted by Gasteiger charge is 2.34. The van der Waals surface area contributed by atoms with Gasteiger partial charge in [0.05, 0.1) is 0 Å². The highest BCUT2D eigenvalue weighted by atomic mass is 35.5. The maximum atomic E-state index is 3.52. The Labute approximate surface area is 129 Å². The van der Waals surface area contributed by atoms with Crippen molar-refractivity contribution in [3.63, 3.8) is 0 Å². The van der Waals surface area contributed by atoms with E-state index in [0.717, 1.165) is 6.04 Å². The minimum atomic E-state index is 0. The summed E-state index contributed by atoms with van der Waals surface area (Å²) < 4.78 is 0. The molecule has 2 nitrogen and oxygen atoms in total. The third kappa shape index (κ3) is 3.75. The molecule has 2 atom stereocenters. The number of likely N-dealkylation sites (tertiary alicyclic amines) is 1. The Hall–Kier alpha value is -0.570. The number of rotatable bonds is 4. The predicted octanol–water partition coefficient (Wildman–Crippen LogP) is 3.11. The molecule has 0 aromatic heterocycles. The van der Waals surface area contributed by atoms with E-state index in [1.807, 2.05) is 0 Å². The van der Waals surface area contributed by atoms with Gasteiger partial charge in [-0.2, -0.15) is 0 Å². The van der Waals surface area contributed by atoms with Gasteiger partial charge >= 0.3 is 0 Å². The van der Waals surface area contributed by atoms with Crippen LogP contribution in [0.15, 0.2) is 30.3 Å². The fourth-order valence-corrected chi connectivity index (χ4v) is 3.71. The summed E-state index contributed by atoms with van der Waals surface area (Å²) in [6, 6.07) is 11.7. The molecule has 0 aliphatic carbocycles. The molecule has 0 amide bonds. The zero-order valence-electron chi connectivity index (χ0n) is 12.5. The van der Waals surface area contributed by atoms with Crippen molar-refractivity contribution in [2.24, 2.45) is 5.41 Å². The Morgan fingerprint density at radius 2 is 2.10 bits per heavy atom. The topological polar surface area (TPSA) is 15.3 Å². The van der Waals surface area contributed by atoms with Crippen molar-refractivity contribution in [2.75, 3.05) is 26.2 Å². The Balaban J connectivity index is 0.00000147. The van der Waals surface area contributed by atoms with Gasteiger partial charge in [0, 0.05) is 19.1 Å². The van der Waals surface area contributed by atoms with Gasteiger partial charge < -0.3 is 5.32 Å². The summed E-state index contributed by atoms with van der Waals surface area (Å²) in [5.41, 5.74) is 1.99. The van der Waals surface area contributed by atoms with E-state index in [-0.39, 0.29) is 12.4 Å². The van der Waals surface area contributed by atoms with E-state index in [9.17, 15) is 0 Å². The summed E-state index contributed by atoms with van der Waals surface area (Å²) in [6.45, 7) is 7.42. The smallest absolute Gasteiger partial charge is 0.0136 e. The van der Waals surface area contributed by atoms with Crippen molar-refractivity contribution in [1.29, 1.82) is 0 Å². The number of hydrogen-bond acceptors (Lipinski definition) is 2. The van der Waals surface area contributed by atoms with Crippen molar-refractivity contribution in [1.82, 2.24) is 10.2 Å². The molecule has 2 aliphatic rings. The van der Waals surface area contributed by atoms with Gasteiger partial charge in [-0.3, -0.25) is 4.90 Å². The first-order valence-electron chi connectivity index (χ1n) is 7.74. The van der Waals surface area contributed by atoms with E-state index in [0.29, 0.717) is 5.41 Å². The molecule has 2 heterocycles. The van der Waals surface area contributed by atoms with Gasteiger partial charge in [0.25, 0.3) is 0 Å². The lowest BCUT2D eigenvalue weighted by molar-refractivity contribution is 0.164. The van der Waals surface area contributed by atoms with Crippen LogP contribution in [0.25, 0.3) is 0 Å². The minimum absolute atomic E-state index is 0. The number of nitrogens with one attached hydrogen (secondary N) is 1. The van der Waals surface area contributed by atoms with E-state index in [1.165, 1.54) is 57.4 Å². The lowest BCUT2D eigenvalue weighted by Gasteiger charge is -2.33. The normalized spacial score (nSPS) is 30.4. The predicted molar refractivity (Wildman–Crippen MR) is 87.6 cm³/mol. The second-order valence-corrected chi connectivity index (χ2v) is 6.69. The summed E-state index contributed by atoms with van der Waals surface area (Å²) in [6.07, 6.45) is 5.31. The van der Waals surface area contributed by atoms with E-state index in [4.69, 9.17) is 0 Å². The molecule has 0 radical (unpaired) electrons. The molecule has 1 aromatic rings. The highest BCUT2D eigenvalue weighted by molar-refractivity contribution is 5.85. The lowest BCUT2D eigenvalue weighted by atomic mass is 9.88. The summed E-state index contributed by atoms with van der Waals surface area (Å²) in [5.74, 6) is 0. The van der Waals surface area contributed by atoms with Crippen LogP contribution in [0, 0.1) is 5.41 Å². The average Bonchev–Trinajstić information content (AvgIpc) is 3.02. The molecule has 20 heavy (non-hydrogen) atoms. The van der Waals surface area contributed by atoms with Crippen LogP contribution >= 0.6 is 12.4 Å². The largest absolute Gasteiger partial charge is 0.316 e. The molecule has 3 rings (SSSR count). The van der Waals surface area contributed by atoms with Crippen LogP contribution in [0.2, 0.25) is 0 Å². The summed E-state index contributed by atoms with van der Waals surface area (Å²) in [5, 5.41) is 3.52. The van der Waals surface area contributed by atoms with Crippen molar-refractivity contribution in [2.45, 2.75) is 38.6 Å². The molecule has 1 aromatic carbocycles. The molecule has 0 saturated carbocycles. The molecule has 2 saturated heterocycles. The molecule has 3 heteroatoms. The first-order chi connectivity index (χ1) is 9.25. The summed E-state index contributed by atoms with van der Waals surface area (Å²) in [7, 11) is 0. The molecule has 112 valence electrons. The quantitative estimate of drug-likeness (QED) is 0.918. The molecule has 2 unspecified atom stereocenters. The first kappa shape index (κ1) is 15.8. The Bertz CT molecular complexity index is 401. The van der Waals surface area contributed by atoms with E-state index in [2.05, 4.69) is 47.5 Å². The Morgan fingerprint density at radius 3 is 2.80 bits per heavy atom. The lowest BCUT2D eigenvalue weighted by Crippen LogP contribution is -2.40. The van der Waals surface area contributed by atoms with Crippen LogP contribution in [0.5, 0.6) is 0 Å². The second kappa shape index (κ2) is 6.93. The van der Waals surface area contributed by atoms with Crippen LogP contribution < -0.4 is 5.32 Å². The monoisotopic (exact) mass is 294 g/mol. The SMILES string of the molecule is CC1(CN2CCCC2Cc2ccccc2)CCNC1.Cl. The maximum absolute atomic E-state index is 3.52. The Kier molecular flexibility index (Phi) is 5.48. The number of hydrogen-bond donors (Lipinski definition) is 1. The number of benzene rings is 1. The third-order valence-corrected chi connectivity index (χ3v) is 4.86. The molecule has 1 N–H and O–H groups in total. The maximum Gasteiger partial charge on any atom is 0.0136 e. The highest BCUT2D eigenvalue weighted by Crippen LogP contribution is 2.30. The summed E-state index contributed by atoms with van der Waals surface area (Å²) in [4.78, 5) is 2.75. The standard InChI is InChI=1S/C17H26N2.ClH/c1-17(9-10-18-13-17)14-19-11-5-8-16(19)12-15-6-3-2-4-7-15;/h2-4,6-7,16,18H,5,8-14H2,1H3;1H. The van der Waals surface area contributed by atoms with Gasteiger partial charge in [-0.1, -0.05) is 37.3 Å². The molecule has 2 fully saturated rings. The number of halogens is 1. The average molecular weight is 295 g/mol. The van der Waals surface area contributed by atoms with Crippen molar-refractivity contribution in [3.05, 3.63) is 35.9 Å². The van der Waals surface area contributed by atoms with Crippen LogP contribution in [-0.4, -0.2) is 37.1 Å². The van der Waals surface area contributed by atoms with E-state index >= 15 is 0 Å². The molecule has 0 bridgehead atoms. The van der Waals surface area contributed by atoms with Crippen LogP contribution in [-0.2, 0) is 6.42 Å².